The summed E-state index contributed by atoms with van der Waals surface area (Å²) in [6.07, 6.45) is 0. The molecule has 5 nitrogen and oxygen atoms in total. The third kappa shape index (κ3) is 6.14. The van der Waals surface area contributed by atoms with Crippen LogP contribution in [0.5, 0.6) is 0 Å². The Labute approximate surface area is 120 Å². The van der Waals surface area contributed by atoms with Crippen LogP contribution < -0.4 is 5.32 Å². The van der Waals surface area contributed by atoms with E-state index in [-0.39, 0.29) is 0 Å². The molecule has 0 spiro atoms. The van der Waals surface area contributed by atoms with Gasteiger partial charge in [-0.2, -0.15) is 0 Å². The van der Waals surface area contributed by atoms with Crippen LogP contribution in [0.4, 0.5) is 0 Å². The number of carbonyl (C=O) groups is 1. The first-order valence-electron chi connectivity index (χ1n) is 6.81. The molecule has 0 fully saturated rings. The van der Waals surface area contributed by atoms with Crippen molar-refractivity contribution < 1.29 is 14.6 Å². The Kier molecular flexibility index (Phi) is 7.87. The van der Waals surface area contributed by atoms with Gasteiger partial charge in [0.15, 0.2) is 0 Å². The molecule has 0 amide bonds. The fourth-order valence-electron chi connectivity index (χ4n) is 1.91. The number of ether oxygens (including phenoxy) is 1. The minimum absolute atomic E-state index is 0.442. The van der Waals surface area contributed by atoms with E-state index < -0.39 is 11.9 Å². The predicted molar refractivity (Wildman–Crippen MR) is 79.1 cm³/mol. The number of carboxylic acids is 1. The predicted octanol–water partition coefficient (Wildman–Crippen LogP) is 1.02. The quantitative estimate of drug-likeness (QED) is 0.627. The lowest BCUT2D eigenvalue weighted by Gasteiger charge is -2.18. The van der Waals surface area contributed by atoms with Crippen molar-refractivity contribution in [2.45, 2.75) is 5.92 Å². The van der Waals surface area contributed by atoms with Crippen molar-refractivity contribution in [3.63, 3.8) is 0 Å². The van der Waals surface area contributed by atoms with Gasteiger partial charge in [-0.15, -0.1) is 0 Å². The summed E-state index contributed by atoms with van der Waals surface area (Å²) in [6.45, 7) is 3.65. The highest BCUT2D eigenvalue weighted by molar-refractivity contribution is 5.76. The molecule has 0 radical (unpaired) electrons. The molecule has 1 aromatic rings. The number of likely N-dealkylation sites (N-methyl/N-ethyl adjacent to an activating group) is 1. The SMILES string of the molecule is COCCN(C)CCNCC(C(=O)O)c1ccccc1. The fourth-order valence-corrected chi connectivity index (χ4v) is 1.91. The first-order chi connectivity index (χ1) is 9.65. The van der Waals surface area contributed by atoms with Gasteiger partial charge in [-0.3, -0.25) is 4.79 Å². The van der Waals surface area contributed by atoms with Crippen LogP contribution in [0.15, 0.2) is 30.3 Å². The van der Waals surface area contributed by atoms with Crippen molar-refractivity contribution in [3.05, 3.63) is 35.9 Å². The maximum Gasteiger partial charge on any atom is 0.312 e. The standard InChI is InChI=1S/C15H24N2O3/c1-17(10-11-20-2)9-8-16-12-14(15(18)19)13-6-4-3-5-7-13/h3-7,14,16H,8-12H2,1-2H3,(H,18,19). The topological polar surface area (TPSA) is 61.8 Å². The average molecular weight is 280 g/mol. The van der Waals surface area contributed by atoms with Crippen LogP contribution in [0, 0.1) is 0 Å². The van der Waals surface area contributed by atoms with E-state index in [1.807, 2.05) is 37.4 Å². The minimum atomic E-state index is -0.795. The third-order valence-corrected chi connectivity index (χ3v) is 3.20. The molecule has 0 aromatic heterocycles. The van der Waals surface area contributed by atoms with Crippen LogP contribution in [0.1, 0.15) is 11.5 Å². The van der Waals surface area contributed by atoms with Crippen LogP contribution in [0.2, 0.25) is 0 Å². The van der Waals surface area contributed by atoms with Gasteiger partial charge < -0.3 is 20.1 Å². The van der Waals surface area contributed by atoms with Gasteiger partial charge in [0.1, 0.15) is 0 Å². The number of nitrogens with zero attached hydrogens (tertiary/aromatic N) is 1. The van der Waals surface area contributed by atoms with Crippen molar-refractivity contribution in [2.75, 3.05) is 46.9 Å². The zero-order valence-electron chi connectivity index (χ0n) is 12.2. The van der Waals surface area contributed by atoms with Crippen molar-refractivity contribution >= 4 is 5.97 Å². The summed E-state index contributed by atoms with van der Waals surface area (Å²) in [5.41, 5.74) is 0.834. The Bertz CT molecular complexity index is 384. The number of methoxy groups -OCH3 is 1. The molecular formula is C15H24N2O3. The normalized spacial score (nSPS) is 12.6. The van der Waals surface area contributed by atoms with Gasteiger partial charge >= 0.3 is 5.97 Å². The molecule has 1 atom stereocenters. The molecule has 0 heterocycles. The number of carboxylic acid groups (broad SMARTS) is 1. The summed E-state index contributed by atoms with van der Waals surface area (Å²) in [4.78, 5) is 13.5. The molecule has 0 saturated carbocycles. The summed E-state index contributed by atoms with van der Waals surface area (Å²) in [5.74, 6) is -1.29. The molecule has 0 aliphatic heterocycles. The molecule has 0 aliphatic rings. The second kappa shape index (κ2) is 9.47. The van der Waals surface area contributed by atoms with Crippen molar-refractivity contribution in [1.82, 2.24) is 10.2 Å². The first-order valence-corrected chi connectivity index (χ1v) is 6.81. The maximum atomic E-state index is 11.3. The number of rotatable bonds is 10. The van der Waals surface area contributed by atoms with Crippen LogP contribution in [0.3, 0.4) is 0 Å². The van der Waals surface area contributed by atoms with E-state index in [0.717, 1.165) is 25.2 Å². The third-order valence-electron chi connectivity index (χ3n) is 3.20. The zero-order valence-corrected chi connectivity index (χ0v) is 12.2. The average Bonchev–Trinajstić information content (AvgIpc) is 2.45. The van der Waals surface area contributed by atoms with Gasteiger partial charge in [0.05, 0.1) is 12.5 Å². The van der Waals surface area contributed by atoms with Crippen LogP contribution >= 0.6 is 0 Å². The van der Waals surface area contributed by atoms with Crippen LogP contribution in [-0.2, 0) is 9.53 Å². The summed E-state index contributed by atoms with van der Waals surface area (Å²) in [5, 5.41) is 12.5. The molecule has 5 heteroatoms. The van der Waals surface area contributed by atoms with Gasteiger partial charge in [-0.25, -0.2) is 0 Å². The molecule has 1 aromatic carbocycles. The molecule has 0 saturated heterocycles. The van der Waals surface area contributed by atoms with Crippen molar-refractivity contribution in [3.8, 4) is 0 Å². The Morgan fingerprint density at radius 3 is 2.65 bits per heavy atom. The Hall–Kier alpha value is -1.43. The Balaban J connectivity index is 2.32. The fraction of sp³-hybridized carbons (Fsp3) is 0.533. The van der Waals surface area contributed by atoms with Crippen LogP contribution in [0.25, 0.3) is 0 Å². The summed E-state index contributed by atoms with van der Waals surface area (Å²) < 4.78 is 5.01. The molecule has 0 aliphatic carbocycles. The number of hydrogen-bond donors (Lipinski definition) is 2. The molecular weight excluding hydrogens is 256 g/mol. The van der Waals surface area contributed by atoms with Gasteiger partial charge in [-0.1, -0.05) is 30.3 Å². The molecule has 0 bridgehead atoms. The Morgan fingerprint density at radius 2 is 2.05 bits per heavy atom. The number of benzene rings is 1. The second-order valence-corrected chi connectivity index (χ2v) is 4.80. The van der Waals surface area contributed by atoms with E-state index >= 15 is 0 Å². The van der Waals surface area contributed by atoms with Gasteiger partial charge in [-0.05, 0) is 12.6 Å². The largest absolute Gasteiger partial charge is 0.481 e. The van der Waals surface area contributed by atoms with E-state index in [2.05, 4.69) is 10.2 Å². The van der Waals surface area contributed by atoms with E-state index in [0.29, 0.717) is 13.2 Å². The van der Waals surface area contributed by atoms with E-state index in [9.17, 15) is 9.90 Å². The molecule has 20 heavy (non-hydrogen) atoms. The van der Waals surface area contributed by atoms with Crippen molar-refractivity contribution in [2.24, 2.45) is 0 Å². The van der Waals surface area contributed by atoms with E-state index in [1.54, 1.807) is 7.11 Å². The lowest BCUT2D eigenvalue weighted by molar-refractivity contribution is -0.138. The first kappa shape index (κ1) is 16.6. The van der Waals surface area contributed by atoms with Crippen LogP contribution in [-0.4, -0.2) is 62.9 Å². The highest BCUT2D eigenvalue weighted by atomic mass is 16.5. The Morgan fingerprint density at radius 1 is 1.35 bits per heavy atom. The highest BCUT2D eigenvalue weighted by Gasteiger charge is 2.18. The second-order valence-electron chi connectivity index (χ2n) is 4.80. The minimum Gasteiger partial charge on any atom is -0.481 e. The lowest BCUT2D eigenvalue weighted by Crippen LogP contribution is -2.34. The molecule has 1 unspecified atom stereocenters. The highest BCUT2D eigenvalue weighted by Crippen LogP contribution is 2.14. The van der Waals surface area contributed by atoms with Gasteiger partial charge in [0, 0.05) is 33.3 Å². The lowest BCUT2D eigenvalue weighted by atomic mass is 9.99. The van der Waals surface area contributed by atoms with Gasteiger partial charge in [0.25, 0.3) is 0 Å². The van der Waals surface area contributed by atoms with E-state index in [1.165, 1.54) is 0 Å². The number of nitrogens with one attached hydrogen (secondary N) is 1. The number of aliphatic carboxylic acids is 1. The van der Waals surface area contributed by atoms with Gasteiger partial charge in [0.2, 0.25) is 0 Å². The maximum absolute atomic E-state index is 11.3. The smallest absolute Gasteiger partial charge is 0.312 e. The molecule has 1 rings (SSSR count). The number of hydrogen-bond acceptors (Lipinski definition) is 4. The van der Waals surface area contributed by atoms with E-state index in [4.69, 9.17) is 4.74 Å². The molecule has 2 N–H and O–H groups in total. The summed E-state index contributed by atoms with van der Waals surface area (Å²) >= 11 is 0. The molecule has 112 valence electrons. The zero-order chi connectivity index (χ0) is 14.8. The summed E-state index contributed by atoms with van der Waals surface area (Å²) in [7, 11) is 3.70. The van der Waals surface area contributed by atoms with Crippen molar-refractivity contribution in [1.29, 1.82) is 0 Å². The monoisotopic (exact) mass is 280 g/mol. The summed E-state index contributed by atoms with van der Waals surface area (Å²) in [6, 6.07) is 9.32.